The van der Waals surface area contributed by atoms with Gasteiger partial charge in [0, 0.05) is 6.42 Å². The molecule has 0 spiro atoms. The maximum Gasteiger partial charge on any atom is 0.335 e. The number of carboxylic acid groups (broad SMARTS) is 1. The van der Waals surface area contributed by atoms with Crippen molar-refractivity contribution in [2.24, 2.45) is 0 Å². The van der Waals surface area contributed by atoms with E-state index in [1.165, 1.54) is 16.7 Å². The summed E-state index contributed by atoms with van der Waals surface area (Å²) in [6, 6.07) is 0. The molecular weight excluding hydrogens is 330 g/mol. The quantitative estimate of drug-likeness (QED) is 0.428. The minimum Gasteiger partial charge on any atom is -0.479 e. The highest BCUT2D eigenvalue weighted by atomic mass is 32.2. The first-order valence-electron chi connectivity index (χ1n) is 8.46. The topological polar surface area (TPSA) is 83.9 Å². The van der Waals surface area contributed by atoms with Gasteiger partial charge in [0.1, 0.15) is 5.60 Å². The van der Waals surface area contributed by atoms with Crippen LogP contribution in [0.1, 0.15) is 66.7 Å². The smallest absolute Gasteiger partial charge is 0.335 e. The molecule has 2 rings (SSSR count). The van der Waals surface area contributed by atoms with Gasteiger partial charge in [-0.1, -0.05) is 19.8 Å². The molecule has 24 heavy (non-hydrogen) atoms. The summed E-state index contributed by atoms with van der Waals surface area (Å²) >= 11 is 1.47. The molecule has 2 saturated heterocycles. The van der Waals surface area contributed by atoms with Crippen molar-refractivity contribution in [2.45, 2.75) is 88.0 Å². The Morgan fingerprint density at radius 3 is 2.50 bits per heavy atom. The van der Waals surface area contributed by atoms with E-state index in [2.05, 4.69) is 0 Å². The zero-order chi connectivity index (χ0) is 18.3. The van der Waals surface area contributed by atoms with Crippen LogP contribution in [0.5, 0.6) is 0 Å². The van der Waals surface area contributed by atoms with Crippen LogP contribution in [0, 0.1) is 0 Å². The Morgan fingerprint density at radius 1 is 1.38 bits per heavy atom. The molecule has 2 heterocycles. The van der Waals surface area contributed by atoms with Crippen LogP contribution in [0.25, 0.3) is 0 Å². The van der Waals surface area contributed by atoms with Gasteiger partial charge in [-0.15, -0.1) is 11.8 Å². The minimum absolute atomic E-state index is 0.165. The zero-order valence-electron chi connectivity index (χ0n) is 15.0. The lowest BCUT2D eigenvalue weighted by atomic mass is 9.70. The average molecular weight is 357 g/mol. The number of unbranched alkanes of at least 4 members (excludes halogenated alkanes) is 2. The number of carbonyl (C=O) groups excluding carboxylic acids is 2. The summed E-state index contributed by atoms with van der Waals surface area (Å²) in [5.41, 5.74) is -2.91. The fourth-order valence-corrected chi connectivity index (χ4v) is 6.05. The second-order valence-corrected chi connectivity index (χ2v) is 9.31. The molecule has 0 radical (unpaired) electrons. The van der Waals surface area contributed by atoms with Gasteiger partial charge in [-0.05, 0) is 34.1 Å². The normalized spacial score (nSPS) is 28.3. The number of β-lactam (4-membered cyclic amide) rings is 1. The zero-order valence-corrected chi connectivity index (χ0v) is 15.9. The molecule has 0 unspecified atom stereocenters. The number of rotatable bonds is 7. The van der Waals surface area contributed by atoms with Gasteiger partial charge < -0.3 is 14.7 Å². The van der Waals surface area contributed by atoms with Crippen molar-refractivity contribution in [3.8, 4) is 0 Å². The van der Waals surface area contributed by atoms with Crippen LogP contribution >= 0.6 is 11.8 Å². The highest BCUT2D eigenvalue weighted by Crippen LogP contribution is 2.61. The second kappa shape index (κ2) is 6.24. The number of carbonyl (C=O) groups is 3. The van der Waals surface area contributed by atoms with E-state index in [1.807, 2.05) is 20.8 Å². The van der Waals surface area contributed by atoms with Gasteiger partial charge in [0.2, 0.25) is 5.91 Å². The lowest BCUT2D eigenvalue weighted by Gasteiger charge is -2.53. The number of fused-ring (bicyclic) bond motifs is 1. The average Bonchev–Trinajstić information content (AvgIpc) is 2.62. The van der Waals surface area contributed by atoms with Gasteiger partial charge in [0.05, 0.1) is 16.5 Å². The predicted molar refractivity (Wildman–Crippen MR) is 91.6 cm³/mol. The molecule has 136 valence electrons. The van der Waals surface area contributed by atoms with Gasteiger partial charge >= 0.3 is 11.9 Å². The lowest BCUT2D eigenvalue weighted by molar-refractivity contribution is -0.201. The number of carboxylic acids is 1. The number of thioether (sulfide) groups is 1. The molecule has 2 aliphatic heterocycles. The molecule has 6 nitrogen and oxygen atoms in total. The first-order valence-corrected chi connectivity index (χ1v) is 9.34. The standard InChI is InChI=1S/C17H27NO5S/c1-6-7-8-9-13(20)23-15(2,3)17(14(21)22)16(4,5)24-12-10-11(19)18(12)17/h12H,6-10H2,1-5H3,(H,21,22)/t12-,17-/m1/s1. The van der Waals surface area contributed by atoms with Crippen molar-refractivity contribution in [1.29, 1.82) is 0 Å². The second-order valence-electron chi connectivity index (χ2n) is 7.51. The molecule has 2 fully saturated rings. The van der Waals surface area contributed by atoms with Crippen LogP contribution in [-0.4, -0.2) is 49.1 Å². The summed E-state index contributed by atoms with van der Waals surface area (Å²) < 4.78 is 4.87. The molecule has 2 aliphatic rings. The summed E-state index contributed by atoms with van der Waals surface area (Å²) in [6.45, 7) is 8.88. The molecule has 0 aliphatic carbocycles. The lowest BCUT2D eigenvalue weighted by Crippen LogP contribution is -2.76. The third-order valence-electron chi connectivity index (χ3n) is 5.10. The van der Waals surface area contributed by atoms with Crippen molar-refractivity contribution >= 4 is 29.6 Å². The first-order chi connectivity index (χ1) is 11.0. The molecule has 7 heteroatoms. The molecule has 1 amide bonds. The number of hydrogen-bond acceptors (Lipinski definition) is 5. The summed E-state index contributed by atoms with van der Waals surface area (Å²) in [5, 5.41) is 9.94. The van der Waals surface area contributed by atoms with Crippen LogP contribution in [0.4, 0.5) is 0 Å². The monoisotopic (exact) mass is 357 g/mol. The number of ether oxygens (including phenoxy) is 1. The highest BCUT2D eigenvalue weighted by Gasteiger charge is 2.76. The highest BCUT2D eigenvalue weighted by molar-refractivity contribution is 8.01. The summed E-state index contributed by atoms with van der Waals surface area (Å²) in [6.07, 6.45) is 3.23. The Bertz CT molecular complexity index is 559. The predicted octanol–water partition coefficient (Wildman–Crippen LogP) is 2.80. The van der Waals surface area contributed by atoms with Crippen molar-refractivity contribution in [1.82, 2.24) is 4.90 Å². The van der Waals surface area contributed by atoms with E-state index >= 15 is 0 Å². The maximum absolute atomic E-state index is 12.4. The minimum atomic E-state index is -1.58. The van der Waals surface area contributed by atoms with E-state index in [-0.39, 0.29) is 17.7 Å². The molecule has 0 saturated carbocycles. The maximum atomic E-state index is 12.4. The van der Waals surface area contributed by atoms with Crippen LogP contribution in [0.15, 0.2) is 0 Å². The molecule has 0 bridgehead atoms. The fraction of sp³-hybridized carbons (Fsp3) is 0.824. The third-order valence-corrected chi connectivity index (χ3v) is 6.64. The Hall–Kier alpha value is -1.24. The Kier molecular flexibility index (Phi) is 4.97. The molecular formula is C17H27NO5S. The van der Waals surface area contributed by atoms with Crippen LogP contribution in [-0.2, 0) is 19.1 Å². The van der Waals surface area contributed by atoms with E-state index in [0.717, 1.165) is 19.3 Å². The third kappa shape index (κ3) is 2.61. The van der Waals surface area contributed by atoms with Crippen LogP contribution in [0.2, 0.25) is 0 Å². The van der Waals surface area contributed by atoms with E-state index < -0.39 is 27.8 Å². The Morgan fingerprint density at radius 2 is 2.00 bits per heavy atom. The van der Waals surface area contributed by atoms with Crippen LogP contribution in [0.3, 0.4) is 0 Å². The number of aliphatic carboxylic acids is 1. The van der Waals surface area contributed by atoms with Crippen molar-refractivity contribution in [2.75, 3.05) is 0 Å². The van der Waals surface area contributed by atoms with Crippen molar-refractivity contribution in [3.05, 3.63) is 0 Å². The van der Waals surface area contributed by atoms with E-state index in [0.29, 0.717) is 6.42 Å². The van der Waals surface area contributed by atoms with Gasteiger partial charge in [0.15, 0.2) is 5.54 Å². The number of esters is 1. The van der Waals surface area contributed by atoms with Gasteiger partial charge in [-0.3, -0.25) is 9.59 Å². The van der Waals surface area contributed by atoms with Crippen molar-refractivity contribution < 1.29 is 24.2 Å². The Balaban J connectivity index is 2.33. The SMILES string of the molecule is CCCCCC(=O)OC(C)(C)[C@@]1(C(=O)O)N2C(=O)C[C@H]2SC1(C)C. The number of amides is 1. The summed E-state index contributed by atoms with van der Waals surface area (Å²) in [7, 11) is 0. The molecule has 2 atom stereocenters. The van der Waals surface area contributed by atoms with E-state index in [4.69, 9.17) is 4.74 Å². The van der Waals surface area contributed by atoms with Crippen LogP contribution < -0.4 is 0 Å². The van der Waals surface area contributed by atoms with E-state index in [1.54, 1.807) is 13.8 Å². The molecule has 1 N–H and O–H groups in total. The Labute approximate surface area is 147 Å². The summed E-state index contributed by atoms with van der Waals surface area (Å²) in [5.74, 6) is -1.73. The van der Waals surface area contributed by atoms with E-state index in [9.17, 15) is 19.5 Å². The first kappa shape index (κ1) is 19.1. The van der Waals surface area contributed by atoms with Crippen molar-refractivity contribution in [3.63, 3.8) is 0 Å². The van der Waals surface area contributed by atoms with Gasteiger partial charge in [0.25, 0.3) is 0 Å². The molecule has 0 aromatic carbocycles. The molecule has 0 aromatic heterocycles. The number of hydrogen-bond donors (Lipinski definition) is 1. The number of nitrogens with zero attached hydrogens (tertiary/aromatic N) is 1. The van der Waals surface area contributed by atoms with Gasteiger partial charge in [-0.25, -0.2) is 4.79 Å². The largest absolute Gasteiger partial charge is 0.479 e. The van der Waals surface area contributed by atoms with Gasteiger partial charge in [-0.2, -0.15) is 0 Å². The fourth-order valence-electron chi connectivity index (χ4n) is 4.16. The molecule has 0 aromatic rings. The summed E-state index contributed by atoms with van der Waals surface area (Å²) in [4.78, 5) is 38.2.